The van der Waals surface area contributed by atoms with Gasteiger partial charge in [-0.2, -0.15) is 4.98 Å². The van der Waals surface area contributed by atoms with E-state index < -0.39 is 0 Å². The Labute approximate surface area is 87.7 Å². The third-order valence-corrected chi connectivity index (χ3v) is 2.32. The van der Waals surface area contributed by atoms with Gasteiger partial charge in [-0.25, -0.2) is 14.6 Å². The quantitative estimate of drug-likeness (QED) is 0.800. The van der Waals surface area contributed by atoms with Crippen molar-refractivity contribution in [3.05, 3.63) is 44.6 Å². The molecule has 2 aromatic rings. The first-order chi connectivity index (χ1) is 6.27. The standard InChI is InChI=1S/C8H6IN3O/c9-7-10-8(13)11-12(7)6-4-2-1-3-5-6/h1-5H,(H,11,13). The van der Waals surface area contributed by atoms with E-state index in [2.05, 4.69) is 10.1 Å². The molecule has 0 bridgehead atoms. The Morgan fingerprint density at radius 2 is 2.00 bits per heavy atom. The summed E-state index contributed by atoms with van der Waals surface area (Å²) in [4.78, 5) is 14.6. The molecule has 0 aliphatic rings. The topological polar surface area (TPSA) is 50.7 Å². The molecule has 0 radical (unpaired) electrons. The lowest BCUT2D eigenvalue weighted by molar-refractivity contribution is 0.843. The minimum Gasteiger partial charge on any atom is -0.244 e. The van der Waals surface area contributed by atoms with Gasteiger partial charge >= 0.3 is 5.69 Å². The van der Waals surface area contributed by atoms with E-state index in [1.54, 1.807) is 4.68 Å². The predicted octanol–water partition coefficient (Wildman–Crippen LogP) is 1.17. The van der Waals surface area contributed by atoms with Crippen LogP contribution in [0.1, 0.15) is 0 Å². The fraction of sp³-hybridized carbons (Fsp3) is 0. The van der Waals surface area contributed by atoms with Crippen LogP contribution >= 0.6 is 22.6 Å². The molecule has 1 heterocycles. The van der Waals surface area contributed by atoms with E-state index >= 15 is 0 Å². The van der Waals surface area contributed by atoms with Crippen LogP contribution in [0.5, 0.6) is 0 Å². The second kappa shape index (κ2) is 3.33. The van der Waals surface area contributed by atoms with Crippen LogP contribution in [0.15, 0.2) is 35.1 Å². The minimum atomic E-state index is -0.326. The number of benzene rings is 1. The summed E-state index contributed by atoms with van der Waals surface area (Å²) in [7, 11) is 0. The van der Waals surface area contributed by atoms with Gasteiger partial charge in [0.2, 0.25) is 0 Å². The summed E-state index contributed by atoms with van der Waals surface area (Å²) in [5.74, 6) is 0. The highest BCUT2D eigenvalue weighted by atomic mass is 127. The Kier molecular flexibility index (Phi) is 2.17. The highest BCUT2D eigenvalue weighted by Gasteiger charge is 2.02. The van der Waals surface area contributed by atoms with E-state index in [1.807, 2.05) is 52.9 Å². The van der Waals surface area contributed by atoms with Crippen molar-refractivity contribution >= 4 is 22.6 Å². The number of nitrogens with one attached hydrogen (secondary N) is 1. The molecule has 0 spiro atoms. The molecule has 0 amide bonds. The van der Waals surface area contributed by atoms with Crippen LogP contribution < -0.4 is 5.69 Å². The average molecular weight is 287 g/mol. The number of halogens is 1. The highest BCUT2D eigenvalue weighted by molar-refractivity contribution is 14.1. The number of aromatic nitrogens is 3. The first-order valence-electron chi connectivity index (χ1n) is 3.67. The highest BCUT2D eigenvalue weighted by Crippen LogP contribution is 2.07. The zero-order valence-electron chi connectivity index (χ0n) is 6.57. The van der Waals surface area contributed by atoms with Crippen LogP contribution in [0.25, 0.3) is 5.69 Å². The number of hydrogen-bond donors (Lipinski definition) is 1. The number of aromatic amines is 1. The van der Waals surface area contributed by atoms with Gasteiger partial charge < -0.3 is 0 Å². The Hall–Kier alpha value is -1.11. The maximum absolute atomic E-state index is 10.9. The monoisotopic (exact) mass is 287 g/mol. The van der Waals surface area contributed by atoms with Crippen molar-refractivity contribution in [3.8, 4) is 5.69 Å². The second-order valence-corrected chi connectivity index (χ2v) is 3.43. The molecule has 1 aromatic carbocycles. The maximum Gasteiger partial charge on any atom is 0.362 e. The number of nitrogens with zero attached hydrogens (tertiary/aromatic N) is 2. The van der Waals surface area contributed by atoms with Crippen molar-refractivity contribution in [1.29, 1.82) is 0 Å². The number of H-pyrrole nitrogens is 1. The molecule has 0 aliphatic carbocycles. The number of hydrogen-bond acceptors (Lipinski definition) is 2. The minimum absolute atomic E-state index is 0.326. The van der Waals surface area contributed by atoms with Gasteiger partial charge in [0.1, 0.15) is 0 Å². The van der Waals surface area contributed by atoms with Gasteiger partial charge in [0, 0.05) is 22.6 Å². The zero-order chi connectivity index (χ0) is 9.26. The SMILES string of the molecule is O=c1nc(I)n(-c2ccccc2)[nH]1. The molecule has 1 N–H and O–H groups in total. The smallest absolute Gasteiger partial charge is 0.244 e. The van der Waals surface area contributed by atoms with E-state index in [0.29, 0.717) is 3.83 Å². The molecular formula is C8H6IN3O. The van der Waals surface area contributed by atoms with Crippen molar-refractivity contribution in [1.82, 2.24) is 14.8 Å². The van der Waals surface area contributed by atoms with E-state index in [0.717, 1.165) is 5.69 Å². The van der Waals surface area contributed by atoms with Crippen molar-refractivity contribution in [2.45, 2.75) is 0 Å². The van der Waals surface area contributed by atoms with Gasteiger partial charge in [-0.15, -0.1) is 0 Å². The summed E-state index contributed by atoms with van der Waals surface area (Å²) in [6.07, 6.45) is 0. The third-order valence-electron chi connectivity index (χ3n) is 1.60. The van der Waals surface area contributed by atoms with Crippen LogP contribution in [-0.2, 0) is 0 Å². The normalized spacial score (nSPS) is 10.2. The molecular weight excluding hydrogens is 281 g/mol. The molecule has 13 heavy (non-hydrogen) atoms. The number of rotatable bonds is 1. The van der Waals surface area contributed by atoms with Crippen molar-refractivity contribution in [3.63, 3.8) is 0 Å². The summed E-state index contributed by atoms with van der Waals surface area (Å²) in [5.41, 5.74) is 0.578. The lowest BCUT2D eigenvalue weighted by Gasteiger charge is -2.00. The summed E-state index contributed by atoms with van der Waals surface area (Å²) >= 11 is 2.01. The molecule has 5 heteroatoms. The summed E-state index contributed by atoms with van der Waals surface area (Å²) in [6.45, 7) is 0. The molecule has 66 valence electrons. The molecule has 0 fully saturated rings. The van der Waals surface area contributed by atoms with Crippen LogP contribution in [-0.4, -0.2) is 14.8 Å². The number of para-hydroxylation sites is 1. The van der Waals surface area contributed by atoms with E-state index in [9.17, 15) is 4.79 Å². The average Bonchev–Trinajstić information content (AvgIpc) is 2.47. The van der Waals surface area contributed by atoms with Gasteiger partial charge in [-0.05, 0) is 12.1 Å². The van der Waals surface area contributed by atoms with Crippen molar-refractivity contribution < 1.29 is 0 Å². The third kappa shape index (κ3) is 1.64. The van der Waals surface area contributed by atoms with E-state index in [-0.39, 0.29) is 5.69 Å². The lowest BCUT2D eigenvalue weighted by atomic mass is 10.3. The molecule has 2 rings (SSSR count). The van der Waals surface area contributed by atoms with Gasteiger partial charge in [0.05, 0.1) is 5.69 Å². The Morgan fingerprint density at radius 3 is 2.54 bits per heavy atom. The Morgan fingerprint density at radius 1 is 1.31 bits per heavy atom. The van der Waals surface area contributed by atoms with Crippen LogP contribution in [0.4, 0.5) is 0 Å². The van der Waals surface area contributed by atoms with E-state index in [1.165, 1.54) is 0 Å². The molecule has 0 unspecified atom stereocenters. The van der Waals surface area contributed by atoms with Gasteiger partial charge in [-0.3, -0.25) is 0 Å². The van der Waals surface area contributed by atoms with Gasteiger partial charge in [0.25, 0.3) is 0 Å². The summed E-state index contributed by atoms with van der Waals surface area (Å²) in [6, 6.07) is 9.54. The van der Waals surface area contributed by atoms with Gasteiger partial charge in [0.15, 0.2) is 3.83 Å². The van der Waals surface area contributed by atoms with Crippen LogP contribution in [0.3, 0.4) is 0 Å². The zero-order valence-corrected chi connectivity index (χ0v) is 8.72. The molecule has 0 saturated heterocycles. The largest absolute Gasteiger partial charge is 0.362 e. The Bertz CT molecular complexity index is 460. The first-order valence-corrected chi connectivity index (χ1v) is 4.75. The fourth-order valence-electron chi connectivity index (χ4n) is 1.05. The maximum atomic E-state index is 10.9. The second-order valence-electron chi connectivity index (χ2n) is 2.47. The molecule has 0 saturated carbocycles. The molecule has 0 aliphatic heterocycles. The fourth-order valence-corrected chi connectivity index (χ4v) is 1.67. The summed E-state index contributed by atoms with van der Waals surface area (Å²) < 4.78 is 2.27. The van der Waals surface area contributed by atoms with Crippen molar-refractivity contribution in [2.75, 3.05) is 0 Å². The molecule has 0 atom stereocenters. The van der Waals surface area contributed by atoms with Crippen molar-refractivity contribution in [2.24, 2.45) is 0 Å². The molecule has 1 aromatic heterocycles. The Balaban J connectivity index is 2.59. The van der Waals surface area contributed by atoms with Crippen LogP contribution in [0.2, 0.25) is 0 Å². The first kappa shape index (κ1) is 8.49. The lowest BCUT2D eigenvalue weighted by Crippen LogP contribution is -2.04. The van der Waals surface area contributed by atoms with E-state index in [4.69, 9.17) is 0 Å². The molecule has 4 nitrogen and oxygen atoms in total. The van der Waals surface area contributed by atoms with Crippen LogP contribution in [0, 0.1) is 3.83 Å². The predicted molar refractivity (Wildman–Crippen MR) is 56.9 cm³/mol. The van der Waals surface area contributed by atoms with Gasteiger partial charge in [-0.1, -0.05) is 18.2 Å². The summed E-state index contributed by atoms with van der Waals surface area (Å²) in [5, 5.41) is 2.60.